The molecular weight excluding hydrogens is 256 g/mol. The summed E-state index contributed by atoms with van der Waals surface area (Å²) in [6.07, 6.45) is 2.39. The zero-order chi connectivity index (χ0) is 14.5. The van der Waals surface area contributed by atoms with Gasteiger partial charge in [0.15, 0.2) is 0 Å². The number of likely N-dealkylation sites (tertiary alicyclic amines) is 1. The Hall–Kier alpha value is -2.35. The molecule has 1 N–H and O–H groups in total. The van der Waals surface area contributed by atoms with E-state index in [1.165, 1.54) is 4.90 Å². The molecule has 1 saturated heterocycles. The van der Waals surface area contributed by atoms with Crippen molar-refractivity contribution in [2.24, 2.45) is 0 Å². The zero-order valence-corrected chi connectivity index (χ0v) is 11.1. The Balaban J connectivity index is 2.23. The van der Waals surface area contributed by atoms with Crippen molar-refractivity contribution < 1.29 is 14.7 Å². The van der Waals surface area contributed by atoms with Crippen LogP contribution >= 0.6 is 0 Å². The number of carboxylic acid groups (broad SMARTS) is 1. The number of hydrogen-bond donors (Lipinski definition) is 1. The van der Waals surface area contributed by atoms with Gasteiger partial charge in [0.1, 0.15) is 6.04 Å². The number of nitriles is 1. The molecule has 0 aromatic heterocycles. The minimum Gasteiger partial charge on any atom is -0.480 e. The average molecular weight is 272 g/mol. The van der Waals surface area contributed by atoms with Gasteiger partial charge in [-0.25, -0.2) is 4.79 Å². The highest BCUT2D eigenvalue weighted by molar-refractivity contribution is 5.96. The number of amides is 1. The van der Waals surface area contributed by atoms with Crippen molar-refractivity contribution in [1.82, 2.24) is 4.90 Å². The number of piperidine rings is 1. The number of nitrogens with zero attached hydrogens (tertiary/aromatic N) is 2. The first-order valence-electron chi connectivity index (χ1n) is 6.63. The molecular formula is C15H16N2O3. The van der Waals surface area contributed by atoms with E-state index in [1.807, 2.05) is 6.07 Å². The van der Waals surface area contributed by atoms with Gasteiger partial charge in [-0.3, -0.25) is 4.79 Å². The average Bonchev–Trinajstić information content (AvgIpc) is 2.47. The highest BCUT2D eigenvalue weighted by atomic mass is 16.4. The summed E-state index contributed by atoms with van der Waals surface area (Å²) in [7, 11) is 0. The number of carbonyl (C=O) groups is 2. The van der Waals surface area contributed by atoms with Crippen LogP contribution in [0, 0.1) is 11.3 Å². The van der Waals surface area contributed by atoms with E-state index in [0.717, 1.165) is 18.4 Å². The lowest BCUT2D eigenvalue weighted by atomic mass is 10.00. The number of aliphatic carboxylic acids is 1. The fraction of sp³-hybridized carbons (Fsp3) is 0.400. The van der Waals surface area contributed by atoms with Gasteiger partial charge in [-0.05, 0) is 37.0 Å². The molecule has 0 aliphatic carbocycles. The summed E-state index contributed by atoms with van der Waals surface area (Å²) in [5.74, 6) is -1.22. The Labute approximate surface area is 117 Å². The third-order valence-corrected chi connectivity index (χ3v) is 3.51. The summed E-state index contributed by atoms with van der Waals surface area (Å²) in [5.41, 5.74) is 1.22. The van der Waals surface area contributed by atoms with Crippen molar-refractivity contribution in [3.05, 3.63) is 35.4 Å². The number of carboxylic acids is 1. The van der Waals surface area contributed by atoms with E-state index in [2.05, 4.69) is 0 Å². The van der Waals surface area contributed by atoms with E-state index in [1.54, 1.807) is 24.3 Å². The Morgan fingerprint density at radius 2 is 2.20 bits per heavy atom. The SMILES string of the molecule is N#CCc1cccc(C(=O)N2CCCCC2C(=O)O)c1. The second-order valence-electron chi connectivity index (χ2n) is 4.88. The number of benzene rings is 1. The van der Waals surface area contributed by atoms with Crippen molar-refractivity contribution >= 4 is 11.9 Å². The first-order valence-corrected chi connectivity index (χ1v) is 6.63. The van der Waals surface area contributed by atoms with Crippen LogP contribution in [0.3, 0.4) is 0 Å². The lowest BCUT2D eigenvalue weighted by Crippen LogP contribution is -2.48. The molecule has 5 nitrogen and oxygen atoms in total. The predicted octanol–water partition coefficient (Wildman–Crippen LogP) is 1.83. The van der Waals surface area contributed by atoms with E-state index in [9.17, 15) is 14.7 Å². The largest absolute Gasteiger partial charge is 0.480 e. The first kappa shape index (κ1) is 14.1. The van der Waals surface area contributed by atoms with Crippen LogP contribution in [0.5, 0.6) is 0 Å². The van der Waals surface area contributed by atoms with Gasteiger partial charge in [0.25, 0.3) is 5.91 Å². The molecule has 1 heterocycles. The highest BCUT2D eigenvalue weighted by Crippen LogP contribution is 2.20. The van der Waals surface area contributed by atoms with Crippen LogP contribution in [0.25, 0.3) is 0 Å². The number of hydrogen-bond acceptors (Lipinski definition) is 3. The fourth-order valence-corrected chi connectivity index (χ4v) is 2.50. The molecule has 1 amide bonds. The van der Waals surface area contributed by atoms with Crippen LogP contribution in [0.1, 0.15) is 35.2 Å². The molecule has 0 saturated carbocycles. The van der Waals surface area contributed by atoms with E-state index >= 15 is 0 Å². The van der Waals surface area contributed by atoms with Crippen LogP contribution in [-0.2, 0) is 11.2 Å². The van der Waals surface area contributed by atoms with E-state index in [0.29, 0.717) is 18.5 Å². The third-order valence-electron chi connectivity index (χ3n) is 3.51. The van der Waals surface area contributed by atoms with Gasteiger partial charge < -0.3 is 10.0 Å². The normalized spacial score (nSPS) is 18.4. The van der Waals surface area contributed by atoms with Gasteiger partial charge in [0, 0.05) is 12.1 Å². The lowest BCUT2D eigenvalue weighted by molar-refractivity contribution is -0.143. The van der Waals surface area contributed by atoms with E-state index < -0.39 is 12.0 Å². The maximum Gasteiger partial charge on any atom is 0.326 e. The van der Waals surface area contributed by atoms with Gasteiger partial charge in [-0.15, -0.1) is 0 Å². The van der Waals surface area contributed by atoms with Crippen LogP contribution in [-0.4, -0.2) is 34.5 Å². The predicted molar refractivity (Wildman–Crippen MR) is 72.1 cm³/mol. The summed E-state index contributed by atoms with van der Waals surface area (Å²) in [6.45, 7) is 0.471. The summed E-state index contributed by atoms with van der Waals surface area (Å²) in [6, 6.07) is 8.13. The lowest BCUT2D eigenvalue weighted by Gasteiger charge is -2.33. The van der Waals surface area contributed by atoms with E-state index in [-0.39, 0.29) is 12.3 Å². The van der Waals surface area contributed by atoms with Gasteiger partial charge in [0.2, 0.25) is 0 Å². The topological polar surface area (TPSA) is 81.4 Å². The van der Waals surface area contributed by atoms with Gasteiger partial charge in [-0.2, -0.15) is 5.26 Å². The molecule has 1 fully saturated rings. The highest BCUT2D eigenvalue weighted by Gasteiger charge is 2.32. The second-order valence-corrected chi connectivity index (χ2v) is 4.88. The zero-order valence-electron chi connectivity index (χ0n) is 11.1. The molecule has 1 aliphatic rings. The van der Waals surface area contributed by atoms with Crippen molar-refractivity contribution in [2.75, 3.05) is 6.54 Å². The van der Waals surface area contributed by atoms with Crippen molar-refractivity contribution in [2.45, 2.75) is 31.7 Å². The smallest absolute Gasteiger partial charge is 0.326 e. The first-order chi connectivity index (χ1) is 9.63. The fourth-order valence-electron chi connectivity index (χ4n) is 2.50. The molecule has 1 aliphatic heterocycles. The molecule has 104 valence electrons. The summed E-state index contributed by atoms with van der Waals surface area (Å²) in [4.78, 5) is 25.1. The molecule has 5 heteroatoms. The van der Waals surface area contributed by atoms with Crippen LogP contribution in [0.4, 0.5) is 0 Å². The van der Waals surface area contributed by atoms with Gasteiger partial charge in [0.05, 0.1) is 12.5 Å². The maximum absolute atomic E-state index is 12.5. The Kier molecular flexibility index (Phi) is 4.36. The van der Waals surface area contributed by atoms with Crippen LogP contribution in [0.15, 0.2) is 24.3 Å². The molecule has 0 bridgehead atoms. The van der Waals surface area contributed by atoms with Gasteiger partial charge in [-0.1, -0.05) is 12.1 Å². The van der Waals surface area contributed by atoms with E-state index in [4.69, 9.17) is 5.26 Å². The van der Waals surface area contributed by atoms with Crippen LogP contribution in [0.2, 0.25) is 0 Å². The second kappa shape index (κ2) is 6.20. The van der Waals surface area contributed by atoms with Crippen molar-refractivity contribution in [3.8, 4) is 6.07 Å². The standard InChI is InChI=1S/C15H16N2O3/c16-8-7-11-4-3-5-12(10-11)14(18)17-9-2-1-6-13(17)15(19)20/h3-5,10,13H,1-2,6-7,9H2,(H,19,20). The molecule has 1 unspecified atom stereocenters. The minimum atomic E-state index is -0.953. The Bertz CT molecular complexity index is 562. The van der Waals surface area contributed by atoms with Crippen LogP contribution < -0.4 is 0 Å². The minimum absolute atomic E-state index is 0.240. The summed E-state index contributed by atoms with van der Waals surface area (Å²) >= 11 is 0. The van der Waals surface area contributed by atoms with Crippen molar-refractivity contribution in [3.63, 3.8) is 0 Å². The Morgan fingerprint density at radius 3 is 2.90 bits per heavy atom. The molecule has 0 spiro atoms. The quantitative estimate of drug-likeness (QED) is 0.910. The third kappa shape index (κ3) is 2.97. The number of rotatable bonds is 3. The molecule has 1 aromatic rings. The summed E-state index contributed by atoms with van der Waals surface area (Å²) < 4.78 is 0. The molecule has 20 heavy (non-hydrogen) atoms. The van der Waals surface area contributed by atoms with Crippen molar-refractivity contribution in [1.29, 1.82) is 5.26 Å². The monoisotopic (exact) mass is 272 g/mol. The van der Waals surface area contributed by atoms with Gasteiger partial charge >= 0.3 is 5.97 Å². The maximum atomic E-state index is 12.5. The summed E-state index contributed by atoms with van der Waals surface area (Å²) in [5, 5.41) is 17.9. The number of carbonyl (C=O) groups excluding carboxylic acids is 1. The molecule has 0 radical (unpaired) electrons. The molecule has 1 atom stereocenters. The molecule has 2 rings (SSSR count). The Morgan fingerprint density at radius 1 is 1.40 bits per heavy atom. The molecule has 1 aromatic carbocycles.